The number of benzene rings is 1. The van der Waals surface area contributed by atoms with Crippen LogP contribution in [0.2, 0.25) is 5.02 Å². The molecule has 0 saturated carbocycles. The van der Waals surface area contributed by atoms with Gasteiger partial charge in [-0.25, -0.2) is 4.98 Å². The van der Waals surface area contributed by atoms with Crippen LogP contribution in [0, 0.1) is 6.92 Å². The maximum absolute atomic E-state index is 12.5. The monoisotopic (exact) mass is 454 g/mol. The molecule has 0 saturated heterocycles. The standard InChI is InChI=1S/C18H16BrClN2O3S/c1-3-24-17-12(19)7-11(20)8-14(17)21-16(23)9-13-10(2)25-18(22-13)15-5-4-6-26-15/h4-8H,3,9H2,1-2H3,(H,21,23). The van der Waals surface area contributed by atoms with Crippen LogP contribution in [0.5, 0.6) is 5.75 Å². The fourth-order valence-corrected chi connectivity index (χ4v) is 3.96. The second-order valence-electron chi connectivity index (χ2n) is 5.42. The quantitative estimate of drug-likeness (QED) is 0.517. The van der Waals surface area contributed by atoms with Crippen LogP contribution in [0.3, 0.4) is 0 Å². The number of amides is 1. The van der Waals surface area contributed by atoms with Crippen LogP contribution < -0.4 is 10.1 Å². The van der Waals surface area contributed by atoms with Crippen LogP contribution in [0.25, 0.3) is 10.8 Å². The molecule has 0 spiro atoms. The zero-order valence-corrected chi connectivity index (χ0v) is 17.3. The highest BCUT2D eigenvalue weighted by Gasteiger charge is 2.17. The molecular formula is C18H16BrClN2O3S. The molecule has 136 valence electrons. The molecule has 3 rings (SSSR count). The van der Waals surface area contributed by atoms with Crippen molar-refractivity contribution in [3.63, 3.8) is 0 Å². The Kier molecular flexibility index (Phi) is 6.01. The lowest BCUT2D eigenvalue weighted by atomic mass is 10.2. The predicted octanol–water partition coefficient (Wildman–Crippen LogP) is 5.71. The minimum Gasteiger partial charge on any atom is -0.491 e. The number of carbonyl (C=O) groups excluding carboxylic acids is 1. The van der Waals surface area contributed by atoms with Crippen molar-refractivity contribution < 1.29 is 13.9 Å². The molecule has 0 aliphatic carbocycles. The number of oxazole rings is 1. The smallest absolute Gasteiger partial charge is 0.236 e. The average molecular weight is 456 g/mol. The molecule has 2 heterocycles. The molecule has 0 radical (unpaired) electrons. The number of carbonyl (C=O) groups is 1. The first-order valence-corrected chi connectivity index (χ1v) is 9.95. The number of hydrogen-bond acceptors (Lipinski definition) is 5. The summed E-state index contributed by atoms with van der Waals surface area (Å²) < 4.78 is 12.0. The highest BCUT2D eigenvalue weighted by atomic mass is 79.9. The van der Waals surface area contributed by atoms with Gasteiger partial charge in [0.2, 0.25) is 11.8 Å². The van der Waals surface area contributed by atoms with Crippen molar-refractivity contribution in [2.45, 2.75) is 20.3 Å². The molecule has 1 amide bonds. The SMILES string of the molecule is CCOc1c(Br)cc(Cl)cc1NC(=O)Cc1nc(-c2cccs2)oc1C. The highest BCUT2D eigenvalue weighted by molar-refractivity contribution is 9.10. The Hall–Kier alpha value is -1.83. The summed E-state index contributed by atoms with van der Waals surface area (Å²) in [6.45, 7) is 4.14. The summed E-state index contributed by atoms with van der Waals surface area (Å²) in [5.41, 5.74) is 1.11. The molecule has 26 heavy (non-hydrogen) atoms. The number of nitrogens with zero attached hydrogens (tertiary/aromatic N) is 1. The first-order chi connectivity index (χ1) is 12.5. The van der Waals surface area contributed by atoms with Gasteiger partial charge in [0.25, 0.3) is 0 Å². The van der Waals surface area contributed by atoms with Crippen molar-refractivity contribution in [3.05, 3.63) is 50.6 Å². The van der Waals surface area contributed by atoms with Gasteiger partial charge < -0.3 is 14.5 Å². The number of ether oxygens (including phenoxy) is 1. The van der Waals surface area contributed by atoms with Crippen molar-refractivity contribution in [1.82, 2.24) is 4.98 Å². The maximum Gasteiger partial charge on any atom is 0.236 e. The summed E-state index contributed by atoms with van der Waals surface area (Å²) in [5, 5.41) is 5.28. The molecule has 1 aromatic carbocycles. The summed E-state index contributed by atoms with van der Waals surface area (Å²) in [5.74, 6) is 1.47. The van der Waals surface area contributed by atoms with E-state index in [4.69, 9.17) is 20.8 Å². The highest BCUT2D eigenvalue weighted by Crippen LogP contribution is 2.36. The number of nitrogens with one attached hydrogen (secondary N) is 1. The Bertz CT molecular complexity index is 925. The number of anilines is 1. The molecule has 0 fully saturated rings. The van der Waals surface area contributed by atoms with Crippen LogP contribution in [-0.4, -0.2) is 17.5 Å². The Balaban J connectivity index is 1.78. The van der Waals surface area contributed by atoms with E-state index in [0.717, 1.165) is 4.88 Å². The van der Waals surface area contributed by atoms with E-state index in [1.54, 1.807) is 19.1 Å². The van der Waals surface area contributed by atoms with E-state index in [1.165, 1.54) is 11.3 Å². The van der Waals surface area contributed by atoms with E-state index in [2.05, 4.69) is 26.2 Å². The Morgan fingerprint density at radius 2 is 2.27 bits per heavy atom. The first-order valence-electron chi connectivity index (χ1n) is 7.89. The molecule has 5 nitrogen and oxygen atoms in total. The van der Waals surface area contributed by atoms with Crippen LogP contribution in [-0.2, 0) is 11.2 Å². The maximum atomic E-state index is 12.5. The lowest BCUT2D eigenvalue weighted by Gasteiger charge is -2.13. The number of thiophene rings is 1. The largest absolute Gasteiger partial charge is 0.491 e. The summed E-state index contributed by atoms with van der Waals surface area (Å²) in [4.78, 5) is 17.9. The van der Waals surface area contributed by atoms with Gasteiger partial charge in [0.05, 0.1) is 33.8 Å². The topological polar surface area (TPSA) is 64.4 Å². The number of rotatable bonds is 6. The number of aromatic nitrogens is 1. The van der Waals surface area contributed by atoms with Crippen LogP contribution in [0.4, 0.5) is 5.69 Å². The van der Waals surface area contributed by atoms with Gasteiger partial charge in [-0.15, -0.1) is 11.3 Å². The molecule has 0 bridgehead atoms. The Morgan fingerprint density at radius 1 is 1.46 bits per heavy atom. The van der Waals surface area contributed by atoms with Gasteiger partial charge in [-0.05, 0) is 53.4 Å². The van der Waals surface area contributed by atoms with Crippen molar-refractivity contribution in [1.29, 1.82) is 0 Å². The summed E-state index contributed by atoms with van der Waals surface area (Å²) >= 11 is 11.0. The minimum absolute atomic E-state index is 0.0937. The van der Waals surface area contributed by atoms with Gasteiger partial charge in [-0.2, -0.15) is 0 Å². The van der Waals surface area contributed by atoms with Crippen molar-refractivity contribution in [2.24, 2.45) is 0 Å². The van der Waals surface area contributed by atoms with Crippen LogP contribution >= 0.6 is 38.9 Å². The van der Waals surface area contributed by atoms with E-state index in [9.17, 15) is 4.79 Å². The molecule has 1 N–H and O–H groups in total. The van der Waals surface area contributed by atoms with E-state index in [0.29, 0.717) is 44.9 Å². The molecular weight excluding hydrogens is 440 g/mol. The second-order valence-corrected chi connectivity index (χ2v) is 7.66. The molecule has 0 aliphatic rings. The summed E-state index contributed by atoms with van der Waals surface area (Å²) in [6, 6.07) is 7.23. The molecule has 0 unspecified atom stereocenters. The normalized spacial score (nSPS) is 10.8. The van der Waals surface area contributed by atoms with Crippen molar-refractivity contribution in [3.8, 4) is 16.5 Å². The lowest BCUT2D eigenvalue weighted by Crippen LogP contribution is -2.16. The zero-order chi connectivity index (χ0) is 18.7. The second kappa shape index (κ2) is 8.24. The van der Waals surface area contributed by atoms with Gasteiger partial charge in [0.1, 0.15) is 5.76 Å². The molecule has 0 atom stereocenters. The van der Waals surface area contributed by atoms with Gasteiger partial charge in [0.15, 0.2) is 5.75 Å². The Morgan fingerprint density at radius 3 is 2.96 bits per heavy atom. The van der Waals surface area contributed by atoms with Gasteiger partial charge in [-0.1, -0.05) is 17.7 Å². The van der Waals surface area contributed by atoms with E-state index in [-0.39, 0.29) is 12.3 Å². The average Bonchev–Trinajstić information content (AvgIpc) is 3.21. The molecule has 3 aromatic rings. The van der Waals surface area contributed by atoms with Gasteiger partial charge in [0, 0.05) is 5.02 Å². The first kappa shape index (κ1) is 18.9. The van der Waals surface area contributed by atoms with Gasteiger partial charge >= 0.3 is 0 Å². The molecule has 0 aliphatic heterocycles. The number of hydrogen-bond donors (Lipinski definition) is 1. The van der Waals surface area contributed by atoms with E-state index < -0.39 is 0 Å². The van der Waals surface area contributed by atoms with Gasteiger partial charge in [-0.3, -0.25) is 4.79 Å². The third kappa shape index (κ3) is 4.28. The number of aryl methyl sites for hydroxylation is 1. The fraction of sp³-hybridized carbons (Fsp3) is 0.222. The van der Waals surface area contributed by atoms with Crippen molar-refractivity contribution in [2.75, 3.05) is 11.9 Å². The summed E-state index contributed by atoms with van der Waals surface area (Å²) in [7, 11) is 0. The lowest BCUT2D eigenvalue weighted by molar-refractivity contribution is -0.115. The minimum atomic E-state index is -0.228. The molecule has 2 aromatic heterocycles. The van der Waals surface area contributed by atoms with E-state index >= 15 is 0 Å². The fourth-order valence-electron chi connectivity index (χ4n) is 2.39. The van der Waals surface area contributed by atoms with Crippen molar-refractivity contribution >= 4 is 50.5 Å². The van der Waals surface area contributed by atoms with E-state index in [1.807, 2.05) is 24.4 Å². The third-order valence-corrected chi connectivity index (χ3v) is 5.19. The summed E-state index contributed by atoms with van der Waals surface area (Å²) in [6.07, 6.45) is 0.0937. The number of halogens is 2. The molecule has 8 heteroatoms. The zero-order valence-electron chi connectivity index (χ0n) is 14.1. The third-order valence-electron chi connectivity index (χ3n) is 3.52. The Labute approximate surface area is 168 Å². The predicted molar refractivity (Wildman–Crippen MR) is 107 cm³/mol. The van der Waals surface area contributed by atoms with Crippen LogP contribution in [0.15, 0.2) is 38.5 Å². The van der Waals surface area contributed by atoms with Crippen LogP contribution in [0.1, 0.15) is 18.4 Å².